The average molecular weight is 245 g/mol. The molecular weight excluding hydrogens is 230 g/mol. The third-order valence-electron chi connectivity index (χ3n) is 1.97. The third kappa shape index (κ3) is 3.16. The SMILES string of the molecule is COC(CNC(=O)c1sc(N)nc1C)OC. The number of amides is 1. The lowest BCUT2D eigenvalue weighted by Crippen LogP contribution is -2.34. The Morgan fingerprint density at radius 1 is 1.56 bits per heavy atom. The number of nitrogens with one attached hydrogen (secondary N) is 1. The molecule has 0 spiro atoms. The molecule has 1 aromatic heterocycles. The highest BCUT2D eigenvalue weighted by Crippen LogP contribution is 2.19. The minimum absolute atomic E-state index is 0.217. The summed E-state index contributed by atoms with van der Waals surface area (Å²) < 4.78 is 9.89. The second-order valence-electron chi connectivity index (χ2n) is 3.08. The smallest absolute Gasteiger partial charge is 0.263 e. The summed E-state index contributed by atoms with van der Waals surface area (Å²) in [6, 6.07) is 0. The molecule has 16 heavy (non-hydrogen) atoms. The monoisotopic (exact) mass is 245 g/mol. The molecule has 7 heteroatoms. The van der Waals surface area contributed by atoms with E-state index in [9.17, 15) is 4.79 Å². The van der Waals surface area contributed by atoms with Gasteiger partial charge in [-0.2, -0.15) is 0 Å². The molecule has 6 nitrogen and oxygen atoms in total. The molecule has 1 rings (SSSR count). The van der Waals surface area contributed by atoms with E-state index < -0.39 is 6.29 Å². The molecular formula is C9H15N3O3S. The van der Waals surface area contributed by atoms with E-state index in [0.29, 0.717) is 15.7 Å². The Kier molecular flexibility index (Phi) is 4.66. The van der Waals surface area contributed by atoms with Gasteiger partial charge < -0.3 is 20.5 Å². The van der Waals surface area contributed by atoms with Crippen molar-refractivity contribution >= 4 is 22.4 Å². The highest BCUT2D eigenvalue weighted by Gasteiger charge is 2.15. The van der Waals surface area contributed by atoms with Gasteiger partial charge in [-0.3, -0.25) is 4.79 Å². The Morgan fingerprint density at radius 3 is 2.62 bits per heavy atom. The van der Waals surface area contributed by atoms with Crippen molar-refractivity contribution in [2.24, 2.45) is 0 Å². The molecule has 0 radical (unpaired) electrons. The Labute approximate surface area is 97.8 Å². The number of nitrogen functional groups attached to an aromatic ring is 1. The van der Waals surface area contributed by atoms with Gasteiger partial charge in [0, 0.05) is 14.2 Å². The quantitative estimate of drug-likeness (QED) is 0.732. The van der Waals surface area contributed by atoms with Gasteiger partial charge in [0.25, 0.3) is 5.91 Å². The normalized spacial score (nSPS) is 10.8. The molecule has 1 aromatic rings. The van der Waals surface area contributed by atoms with Crippen LogP contribution < -0.4 is 11.1 Å². The molecule has 0 aliphatic rings. The van der Waals surface area contributed by atoms with Crippen LogP contribution in [0, 0.1) is 6.92 Å². The third-order valence-corrected chi connectivity index (χ3v) is 2.96. The first kappa shape index (κ1) is 12.9. The van der Waals surface area contributed by atoms with Crippen LogP contribution in [0.3, 0.4) is 0 Å². The first-order valence-corrected chi connectivity index (χ1v) is 5.46. The highest BCUT2D eigenvalue weighted by molar-refractivity contribution is 7.17. The Hall–Kier alpha value is -1.18. The van der Waals surface area contributed by atoms with E-state index >= 15 is 0 Å². The number of aromatic nitrogens is 1. The number of nitrogens with zero attached hydrogens (tertiary/aromatic N) is 1. The van der Waals surface area contributed by atoms with Gasteiger partial charge in [-0.1, -0.05) is 11.3 Å². The van der Waals surface area contributed by atoms with Crippen LogP contribution in [-0.4, -0.2) is 37.9 Å². The molecule has 0 aliphatic heterocycles. The van der Waals surface area contributed by atoms with Gasteiger partial charge in [0.1, 0.15) is 4.88 Å². The van der Waals surface area contributed by atoms with Crippen LogP contribution in [0.5, 0.6) is 0 Å². The van der Waals surface area contributed by atoms with Crippen LogP contribution in [0.4, 0.5) is 5.13 Å². The number of ether oxygens (including phenoxy) is 2. The average Bonchev–Trinajstić information content (AvgIpc) is 2.59. The zero-order chi connectivity index (χ0) is 12.1. The van der Waals surface area contributed by atoms with Gasteiger partial charge in [0.15, 0.2) is 11.4 Å². The Morgan fingerprint density at radius 2 is 2.19 bits per heavy atom. The summed E-state index contributed by atoms with van der Waals surface area (Å²) in [7, 11) is 3.02. The summed E-state index contributed by atoms with van der Waals surface area (Å²) in [5.74, 6) is -0.217. The molecule has 0 aliphatic carbocycles. The molecule has 0 saturated carbocycles. The van der Waals surface area contributed by atoms with Crippen LogP contribution in [0.15, 0.2) is 0 Å². The number of thiazole rings is 1. The number of rotatable bonds is 5. The van der Waals surface area contributed by atoms with Gasteiger partial charge in [0.05, 0.1) is 12.2 Å². The predicted octanol–water partition coefficient (Wildman–Crippen LogP) is 0.382. The number of methoxy groups -OCH3 is 2. The molecule has 0 aromatic carbocycles. The maximum atomic E-state index is 11.7. The fraction of sp³-hybridized carbons (Fsp3) is 0.556. The van der Waals surface area contributed by atoms with Crippen molar-refractivity contribution in [1.29, 1.82) is 0 Å². The van der Waals surface area contributed by atoms with E-state index in [1.165, 1.54) is 14.2 Å². The second kappa shape index (κ2) is 5.78. The van der Waals surface area contributed by atoms with Crippen LogP contribution in [0.2, 0.25) is 0 Å². The first-order valence-electron chi connectivity index (χ1n) is 4.65. The van der Waals surface area contributed by atoms with Crippen molar-refractivity contribution in [2.75, 3.05) is 26.5 Å². The molecule has 3 N–H and O–H groups in total. The zero-order valence-corrected chi connectivity index (χ0v) is 10.3. The molecule has 0 fully saturated rings. The largest absolute Gasteiger partial charge is 0.375 e. The first-order chi connectivity index (χ1) is 7.58. The number of carbonyl (C=O) groups excluding carboxylic acids is 1. The van der Waals surface area contributed by atoms with E-state index in [-0.39, 0.29) is 12.5 Å². The van der Waals surface area contributed by atoms with Gasteiger partial charge >= 0.3 is 0 Å². The summed E-state index contributed by atoms with van der Waals surface area (Å²) >= 11 is 1.16. The Bertz CT molecular complexity index is 363. The Balaban J connectivity index is 2.56. The van der Waals surface area contributed by atoms with E-state index in [4.69, 9.17) is 15.2 Å². The lowest BCUT2D eigenvalue weighted by molar-refractivity contribution is -0.0974. The minimum atomic E-state index is -0.450. The van der Waals surface area contributed by atoms with Crippen LogP contribution >= 0.6 is 11.3 Å². The van der Waals surface area contributed by atoms with Gasteiger partial charge in [0.2, 0.25) is 0 Å². The number of aryl methyl sites for hydroxylation is 1. The van der Waals surface area contributed by atoms with Crippen molar-refractivity contribution in [2.45, 2.75) is 13.2 Å². The topological polar surface area (TPSA) is 86.5 Å². The van der Waals surface area contributed by atoms with E-state index in [0.717, 1.165) is 11.3 Å². The summed E-state index contributed by atoms with van der Waals surface area (Å²) in [6.07, 6.45) is -0.450. The highest BCUT2D eigenvalue weighted by atomic mass is 32.1. The van der Waals surface area contributed by atoms with E-state index in [2.05, 4.69) is 10.3 Å². The van der Waals surface area contributed by atoms with Crippen molar-refractivity contribution in [1.82, 2.24) is 10.3 Å². The maximum absolute atomic E-state index is 11.7. The van der Waals surface area contributed by atoms with Gasteiger partial charge in [-0.25, -0.2) is 4.98 Å². The summed E-state index contributed by atoms with van der Waals surface area (Å²) in [6.45, 7) is 2.02. The number of nitrogens with two attached hydrogens (primary N) is 1. The fourth-order valence-corrected chi connectivity index (χ4v) is 1.90. The molecule has 0 atom stereocenters. The number of hydrogen-bond acceptors (Lipinski definition) is 6. The van der Waals surface area contributed by atoms with Crippen molar-refractivity contribution < 1.29 is 14.3 Å². The lowest BCUT2D eigenvalue weighted by Gasteiger charge is -2.13. The molecule has 0 unspecified atom stereocenters. The fourth-order valence-electron chi connectivity index (χ4n) is 1.15. The maximum Gasteiger partial charge on any atom is 0.263 e. The van der Waals surface area contributed by atoms with Crippen LogP contribution in [0.25, 0.3) is 0 Å². The molecule has 1 heterocycles. The molecule has 90 valence electrons. The molecule has 0 saturated heterocycles. The summed E-state index contributed by atoms with van der Waals surface area (Å²) in [5.41, 5.74) is 6.13. The minimum Gasteiger partial charge on any atom is -0.375 e. The van der Waals surface area contributed by atoms with E-state index in [1.54, 1.807) is 6.92 Å². The summed E-state index contributed by atoms with van der Waals surface area (Å²) in [4.78, 5) is 16.2. The lowest BCUT2D eigenvalue weighted by atomic mass is 10.4. The molecule has 1 amide bonds. The number of anilines is 1. The van der Waals surface area contributed by atoms with Crippen molar-refractivity contribution in [3.05, 3.63) is 10.6 Å². The second-order valence-corrected chi connectivity index (χ2v) is 4.11. The number of carbonyl (C=O) groups is 1. The van der Waals surface area contributed by atoms with E-state index in [1.807, 2.05) is 0 Å². The van der Waals surface area contributed by atoms with Crippen molar-refractivity contribution in [3.63, 3.8) is 0 Å². The van der Waals surface area contributed by atoms with Crippen LogP contribution in [0.1, 0.15) is 15.4 Å². The van der Waals surface area contributed by atoms with Gasteiger partial charge in [-0.05, 0) is 6.92 Å². The molecule has 0 bridgehead atoms. The van der Waals surface area contributed by atoms with Crippen LogP contribution in [-0.2, 0) is 9.47 Å². The standard InChI is InChI=1S/C9H15N3O3S/c1-5-7(16-9(10)12-5)8(13)11-4-6(14-2)15-3/h6H,4H2,1-3H3,(H2,10,12)(H,11,13). The summed E-state index contributed by atoms with van der Waals surface area (Å²) in [5, 5.41) is 3.07. The van der Waals surface area contributed by atoms with Gasteiger partial charge in [-0.15, -0.1) is 0 Å². The number of hydrogen-bond donors (Lipinski definition) is 2. The predicted molar refractivity (Wildman–Crippen MR) is 61.4 cm³/mol. The van der Waals surface area contributed by atoms with Crippen molar-refractivity contribution in [3.8, 4) is 0 Å². The zero-order valence-electron chi connectivity index (χ0n) is 9.44.